The van der Waals surface area contributed by atoms with Gasteiger partial charge in [0.15, 0.2) is 9.84 Å². The largest absolute Gasteiger partial charge is 0.497 e. The standard InChI is InChI=1S/C18H23NO5S/c1-3-12-24-13-15-8-10-19(11-9-15)18(20)14-25(21,22)17-6-4-16(23-2)5-7-17/h1,4-7,15H,8-14H2,2H3. The van der Waals surface area contributed by atoms with Gasteiger partial charge in [0.25, 0.3) is 0 Å². The molecule has 0 radical (unpaired) electrons. The number of hydrogen-bond donors (Lipinski definition) is 0. The molecule has 1 aliphatic rings. The van der Waals surface area contributed by atoms with Crippen LogP contribution in [-0.2, 0) is 19.4 Å². The van der Waals surface area contributed by atoms with Gasteiger partial charge in [0.2, 0.25) is 5.91 Å². The van der Waals surface area contributed by atoms with Gasteiger partial charge in [-0.25, -0.2) is 8.42 Å². The van der Waals surface area contributed by atoms with E-state index in [-0.39, 0.29) is 10.8 Å². The Bertz CT molecular complexity index is 713. The highest BCUT2D eigenvalue weighted by Crippen LogP contribution is 2.20. The number of amides is 1. The summed E-state index contributed by atoms with van der Waals surface area (Å²) >= 11 is 0. The van der Waals surface area contributed by atoms with Crippen LogP contribution < -0.4 is 4.74 Å². The number of benzene rings is 1. The van der Waals surface area contributed by atoms with E-state index in [1.54, 1.807) is 17.0 Å². The highest BCUT2D eigenvalue weighted by atomic mass is 32.2. The third-order valence-electron chi connectivity index (χ3n) is 4.24. The molecule has 2 rings (SSSR count). The summed E-state index contributed by atoms with van der Waals surface area (Å²) in [6.07, 6.45) is 6.72. The second kappa shape index (κ2) is 8.88. The number of sulfone groups is 1. The number of piperidine rings is 1. The van der Waals surface area contributed by atoms with Gasteiger partial charge in [-0.3, -0.25) is 4.79 Å². The van der Waals surface area contributed by atoms with Gasteiger partial charge < -0.3 is 14.4 Å². The maximum absolute atomic E-state index is 12.4. The summed E-state index contributed by atoms with van der Waals surface area (Å²) in [5, 5.41) is 0. The van der Waals surface area contributed by atoms with E-state index in [0.29, 0.717) is 38.0 Å². The number of likely N-dealkylation sites (tertiary alicyclic amines) is 1. The number of carbonyl (C=O) groups is 1. The Morgan fingerprint density at radius 1 is 1.28 bits per heavy atom. The Morgan fingerprint density at radius 2 is 1.92 bits per heavy atom. The predicted octanol–water partition coefficient (Wildman–Crippen LogP) is 1.36. The Labute approximate surface area is 149 Å². The molecular weight excluding hydrogens is 342 g/mol. The zero-order valence-electron chi connectivity index (χ0n) is 14.3. The van der Waals surface area contributed by atoms with Gasteiger partial charge in [0, 0.05) is 13.1 Å². The molecule has 0 saturated carbocycles. The molecule has 1 aliphatic heterocycles. The van der Waals surface area contributed by atoms with E-state index in [0.717, 1.165) is 12.8 Å². The molecular formula is C18H23NO5S. The van der Waals surface area contributed by atoms with Crippen LogP contribution in [0.25, 0.3) is 0 Å². The Balaban J connectivity index is 1.88. The Hall–Kier alpha value is -2.04. The van der Waals surface area contributed by atoms with Gasteiger partial charge >= 0.3 is 0 Å². The fourth-order valence-corrected chi connectivity index (χ4v) is 3.98. The third-order valence-corrected chi connectivity index (χ3v) is 5.86. The van der Waals surface area contributed by atoms with Crippen LogP contribution in [0.3, 0.4) is 0 Å². The van der Waals surface area contributed by atoms with Crippen LogP contribution in [0.5, 0.6) is 5.75 Å². The average molecular weight is 365 g/mol. The van der Waals surface area contributed by atoms with E-state index in [2.05, 4.69) is 5.92 Å². The van der Waals surface area contributed by atoms with Crippen LogP contribution >= 0.6 is 0 Å². The molecule has 0 N–H and O–H groups in total. The van der Waals surface area contributed by atoms with Crippen molar-refractivity contribution in [2.75, 3.05) is 39.2 Å². The van der Waals surface area contributed by atoms with Crippen LogP contribution in [0.15, 0.2) is 29.2 Å². The van der Waals surface area contributed by atoms with Gasteiger partial charge in [-0.2, -0.15) is 0 Å². The number of ether oxygens (including phenoxy) is 2. The number of rotatable bonds is 7. The molecule has 0 unspecified atom stereocenters. The molecule has 1 aromatic rings. The second-order valence-corrected chi connectivity index (χ2v) is 7.97. The lowest BCUT2D eigenvalue weighted by atomic mass is 9.98. The summed E-state index contributed by atoms with van der Waals surface area (Å²) in [7, 11) is -2.15. The fourth-order valence-electron chi connectivity index (χ4n) is 2.75. The first kappa shape index (κ1) is 19.3. The van der Waals surface area contributed by atoms with E-state index in [1.807, 2.05) is 0 Å². The van der Waals surface area contributed by atoms with Crippen molar-refractivity contribution in [2.24, 2.45) is 5.92 Å². The summed E-state index contributed by atoms with van der Waals surface area (Å²) in [5.41, 5.74) is 0. The van der Waals surface area contributed by atoms with E-state index >= 15 is 0 Å². The maximum atomic E-state index is 12.4. The first-order chi connectivity index (χ1) is 12.0. The molecule has 0 atom stereocenters. The molecule has 1 heterocycles. The van der Waals surface area contributed by atoms with Crippen LogP contribution in [0.2, 0.25) is 0 Å². The van der Waals surface area contributed by atoms with Crippen LogP contribution in [-0.4, -0.2) is 58.4 Å². The summed E-state index contributed by atoms with van der Waals surface area (Å²) < 4.78 is 35.1. The molecule has 1 saturated heterocycles. The molecule has 0 aromatic heterocycles. The lowest BCUT2D eigenvalue weighted by Crippen LogP contribution is -2.42. The molecule has 1 fully saturated rings. The third kappa shape index (κ3) is 5.48. The molecule has 0 bridgehead atoms. The van der Waals surface area contributed by atoms with E-state index in [4.69, 9.17) is 15.9 Å². The monoisotopic (exact) mass is 365 g/mol. The minimum atomic E-state index is -3.66. The quantitative estimate of drug-likeness (QED) is 0.539. The minimum Gasteiger partial charge on any atom is -0.497 e. The zero-order chi connectivity index (χ0) is 18.3. The molecule has 0 aliphatic carbocycles. The SMILES string of the molecule is C#CCOCC1CCN(C(=O)CS(=O)(=O)c2ccc(OC)cc2)CC1. The first-order valence-electron chi connectivity index (χ1n) is 8.12. The average Bonchev–Trinajstić information content (AvgIpc) is 2.62. The van der Waals surface area contributed by atoms with Crippen molar-refractivity contribution in [3.63, 3.8) is 0 Å². The molecule has 1 amide bonds. The van der Waals surface area contributed by atoms with Gasteiger partial charge in [0.1, 0.15) is 18.1 Å². The van der Waals surface area contributed by atoms with Gasteiger partial charge in [0.05, 0.1) is 18.6 Å². The van der Waals surface area contributed by atoms with Crippen LogP contribution in [0, 0.1) is 18.3 Å². The van der Waals surface area contributed by atoms with Crippen LogP contribution in [0.1, 0.15) is 12.8 Å². The van der Waals surface area contributed by atoms with Crippen molar-refractivity contribution in [3.05, 3.63) is 24.3 Å². The summed E-state index contributed by atoms with van der Waals surface area (Å²) in [4.78, 5) is 14.1. The van der Waals surface area contributed by atoms with E-state index < -0.39 is 15.6 Å². The number of nitrogens with zero attached hydrogens (tertiary/aromatic N) is 1. The number of carbonyl (C=O) groups excluding carboxylic acids is 1. The zero-order valence-corrected chi connectivity index (χ0v) is 15.1. The summed E-state index contributed by atoms with van der Waals surface area (Å²) in [5.74, 6) is 2.47. The van der Waals surface area contributed by atoms with Crippen molar-refractivity contribution >= 4 is 15.7 Å². The first-order valence-corrected chi connectivity index (χ1v) is 9.77. The number of hydrogen-bond acceptors (Lipinski definition) is 5. The smallest absolute Gasteiger partial charge is 0.238 e. The molecule has 1 aromatic carbocycles. The van der Waals surface area contributed by atoms with Crippen LogP contribution in [0.4, 0.5) is 0 Å². The highest BCUT2D eigenvalue weighted by Gasteiger charge is 2.27. The highest BCUT2D eigenvalue weighted by molar-refractivity contribution is 7.92. The number of methoxy groups -OCH3 is 1. The van der Waals surface area contributed by atoms with E-state index in [9.17, 15) is 13.2 Å². The van der Waals surface area contributed by atoms with Crippen molar-refractivity contribution in [1.29, 1.82) is 0 Å². The topological polar surface area (TPSA) is 72.9 Å². The van der Waals surface area contributed by atoms with Gasteiger partial charge in [-0.1, -0.05) is 5.92 Å². The Morgan fingerprint density at radius 3 is 2.48 bits per heavy atom. The van der Waals surface area contributed by atoms with Crippen molar-refractivity contribution in [1.82, 2.24) is 4.90 Å². The fraction of sp³-hybridized carbons (Fsp3) is 0.500. The normalized spacial score (nSPS) is 15.6. The molecule has 7 heteroatoms. The summed E-state index contributed by atoms with van der Waals surface area (Å²) in [6.45, 7) is 1.96. The molecule has 25 heavy (non-hydrogen) atoms. The minimum absolute atomic E-state index is 0.124. The molecule has 136 valence electrons. The van der Waals surface area contributed by atoms with Gasteiger partial charge in [-0.05, 0) is 43.0 Å². The number of terminal acetylenes is 1. The lowest BCUT2D eigenvalue weighted by Gasteiger charge is -2.31. The molecule has 6 nitrogen and oxygen atoms in total. The lowest BCUT2D eigenvalue weighted by molar-refractivity contribution is -0.130. The van der Waals surface area contributed by atoms with Crippen molar-refractivity contribution < 1.29 is 22.7 Å². The van der Waals surface area contributed by atoms with Crippen molar-refractivity contribution in [2.45, 2.75) is 17.7 Å². The second-order valence-electron chi connectivity index (χ2n) is 5.98. The maximum Gasteiger partial charge on any atom is 0.238 e. The Kier molecular flexibility index (Phi) is 6.85. The van der Waals surface area contributed by atoms with Gasteiger partial charge in [-0.15, -0.1) is 6.42 Å². The summed E-state index contributed by atoms with van der Waals surface area (Å²) in [6, 6.07) is 6.05. The predicted molar refractivity (Wildman–Crippen MR) is 94.0 cm³/mol. The van der Waals surface area contributed by atoms with Crippen molar-refractivity contribution in [3.8, 4) is 18.1 Å². The van der Waals surface area contributed by atoms with E-state index in [1.165, 1.54) is 19.2 Å². The molecule has 0 spiro atoms.